The van der Waals surface area contributed by atoms with E-state index in [1.807, 2.05) is 4.57 Å². The summed E-state index contributed by atoms with van der Waals surface area (Å²) in [5, 5.41) is 12.1. The molecule has 0 aliphatic carbocycles. The molecule has 7 heteroatoms. The second kappa shape index (κ2) is 6.08. The van der Waals surface area contributed by atoms with Crippen LogP contribution in [-0.2, 0) is 22.5 Å². The third-order valence-electron chi connectivity index (χ3n) is 4.52. The highest BCUT2D eigenvalue weighted by atomic mass is 16.5. The van der Waals surface area contributed by atoms with Crippen molar-refractivity contribution in [2.45, 2.75) is 50.6 Å². The number of carbonyl (C=O) groups excluding carboxylic acids is 1. The number of aliphatic carboxylic acids is 1. The number of nitrogens with one attached hydrogen (secondary N) is 1. The number of hydrogen-bond acceptors (Lipinski definition) is 4. The Labute approximate surface area is 128 Å². The van der Waals surface area contributed by atoms with Crippen LogP contribution in [0, 0.1) is 0 Å². The summed E-state index contributed by atoms with van der Waals surface area (Å²) >= 11 is 0. The van der Waals surface area contributed by atoms with E-state index >= 15 is 0 Å². The van der Waals surface area contributed by atoms with E-state index in [2.05, 4.69) is 10.3 Å². The van der Waals surface area contributed by atoms with Crippen LogP contribution in [0.3, 0.4) is 0 Å². The number of carboxylic acid groups (broad SMARTS) is 1. The van der Waals surface area contributed by atoms with Crippen molar-refractivity contribution in [3.63, 3.8) is 0 Å². The second-order valence-corrected chi connectivity index (χ2v) is 6.09. The molecule has 1 saturated heterocycles. The lowest BCUT2D eigenvalue weighted by Crippen LogP contribution is -2.53. The lowest BCUT2D eigenvalue weighted by atomic mass is 9.86. The van der Waals surface area contributed by atoms with Crippen molar-refractivity contribution < 1.29 is 19.4 Å². The molecule has 3 rings (SSSR count). The van der Waals surface area contributed by atoms with E-state index in [4.69, 9.17) is 9.84 Å². The molecule has 0 saturated carbocycles. The van der Waals surface area contributed by atoms with Crippen LogP contribution in [-0.4, -0.2) is 45.3 Å². The minimum Gasteiger partial charge on any atom is -0.481 e. The van der Waals surface area contributed by atoms with Gasteiger partial charge in [-0.2, -0.15) is 0 Å². The SMILES string of the molecule is O=C(O)CC1(NC(=O)c2cnc3n2CCCC3)CCOCC1. The molecule has 120 valence electrons. The first-order valence-corrected chi connectivity index (χ1v) is 7.76. The zero-order valence-electron chi connectivity index (χ0n) is 12.5. The molecule has 2 aliphatic rings. The maximum atomic E-state index is 12.6. The lowest BCUT2D eigenvalue weighted by Gasteiger charge is -2.36. The van der Waals surface area contributed by atoms with Gasteiger partial charge in [-0.05, 0) is 25.7 Å². The first-order chi connectivity index (χ1) is 10.6. The predicted octanol–water partition coefficient (Wildman–Crippen LogP) is 0.973. The first-order valence-electron chi connectivity index (χ1n) is 7.76. The molecule has 3 heterocycles. The van der Waals surface area contributed by atoms with Crippen LogP contribution in [0.5, 0.6) is 0 Å². The molecule has 0 unspecified atom stereocenters. The minimum absolute atomic E-state index is 0.0803. The summed E-state index contributed by atoms with van der Waals surface area (Å²) in [5.41, 5.74) is -0.188. The van der Waals surface area contributed by atoms with Crippen LogP contribution in [0.25, 0.3) is 0 Å². The monoisotopic (exact) mass is 307 g/mol. The van der Waals surface area contributed by atoms with Crippen molar-refractivity contribution in [3.8, 4) is 0 Å². The highest BCUT2D eigenvalue weighted by Crippen LogP contribution is 2.26. The number of rotatable bonds is 4. The Morgan fingerprint density at radius 1 is 1.36 bits per heavy atom. The minimum atomic E-state index is -0.905. The normalized spacial score (nSPS) is 20.2. The van der Waals surface area contributed by atoms with Gasteiger partial charge in [-0.15, -0.1) is 0 Å². The molecule has 1 aromatic heterocycles. The zero-order chi connectivity index (χ0) is 15.6. The first kappa shape index (κ1) is 15.0. The molecule has 2 N–H and O–H groups in total. The van der Waals surface area contributed by atoms with Crippen molar-refractivity contribution in [1.82, 2.24) is 14.9 Å². The van der Waals surface area contributed by atoms with Crippen LogP contribution in [0.4, 0.5) is 0 Å². The predicted molar refractivity (Wildman–Crippen MR) is 77.7 cm³/mol. The Hall–Kier alpha value is -1.89. The molecule has 7 nitrogen and oxygen atoms in total. The smallest absolute Gasteiger partial charge is 0.305 e. The fraction of sp³-hybridized carbons (Fsp3) is 0.667. The largest absolute Gasteiger partial charge is 0.481 e. The van der Waals surface area contributed by atoms with Gasteiger partial charge in [0.25, 0.3) is 5.91 Å². The number of carbonyl (C=O) groups is 2. The molecule has 22 heavy (non-hydrogen) atoms. The average molecular weight is 307 g/mol. The molecule has 2 aliphatic heterocycles. The van der Waals surface area contributed by atoms with Gasteiger partial charge >= 0.3 is 5.97 Å². The zero-order valence-corrected chi connectivity index (χ0v) is 12.5. The van der Waals surface area contributed by atoms with Gasteiger partial charge in [0.2, 0.25) is 0 Å². The van der Waals surface area contributed by atoms with Crippen molar-refractivity contribution in [3.05, 3.63) is 17.7 Å². The fourth-order valence-corrected chi connectivity index (χ4v) is 3.30. The van der Waals surface area contributed by atoms with E-state index in [0.29, 0.717) is 31.7 Å². The Bertz CT molecular complexity index is 575. The quantitative estimate of drug-likeness (QED) is 0.864. The summed E-state index contributed by atoms with van der Waals surface area (Å²) in [5.74, 6) is -0.197. The summed E-state index contributed by atoms with van der Waals surface area (Å²) in [7, 11) is 0. The maximum Gasteiger partial charge on any atom is 0.305 e. The molecule has 0 aromatic carbocycles. The van der Waals surface area contributed by atoms with Gasteiger partial charge in [0.05, 0.1) is 18.2 Å². The topological polar surface area (TPSA) is 93.5 Å². The van der Waals surface area contributed by atoms with E-state index in [1.54, 1.807) is 6.20 Å². The number of ether oxygens (including phenoxy) is 1. The molecule has 1 amide bonds. The molecule has 1 fully saturated rings. The van der Waals surface area contributed by atoms with Crippen LogP contribution in [0.15, 0.2) is 6.20 Å². The van der Waals surface area contributed by atoms with Gasteiger partial charge in [-0.3, -0.25) is 9.59 Å². The highest BCUT2D eigenvalue weighted by molar-refractivity contribution is 5.93. The number of imidazole rings is 1. The molecular formula is C15H21N3O4. The standard InChI is InChI=1S/C15H21N3O4/c19-13(20)9-15(4-7-22-8-5-15)17-14(21)11-10-16-12-3-1-2-6-18(11)12/h10H,1-9H2,(H,17,21)(H,19,20). The number of aryl methyl sites for hydroxylation is 1. The third-order valence-corrected chi connectivity index (χ3v) is 4.52. The van der Waals surface area contributed by atoms with Crippen LogP contribution < -0.4 is 5.32 Å². The Morgan fingerprint density at radius 3 is 2.86 bits per heavy atom. The van der Waals surface area contributed by atoms with Crippen LogP contribution in [0.2, 0.25) is 0 Å². The molecule has 1 aromatic rings. The van der Waals surface area contributed by atoms with Gasteiger partial charge in [-0.25, -0.2) is 4.98 Å². The van der Waals surface area contributed by atoms with E-state index < -0.39 is 11.5 Å². The lowest BCUT2D eigenvalue weighted by molar-refractivity contribution is -0.139. The van der Waals surface area contributed by atoms with Crippen LogP contribution >= 0.6 is 0 Å². The Morgan fingerprint density at radius 2 is 2.14 bits per heavy atom. The number of nitrogens with zero attached hydrogens (tertiary/aromatic N) is 2. The Balaban J connectivity index is 1.79. The van der Waals surface area contributed by atoms with Gasteiger partial charge in [-0.1, -0.05) is 0 Å². The number of aromatic nitrogens is 2. The summed E-state index contributed by atoms with van der Waals surface area (Å²) in [6.07, 6.45) is 5.59. The highest BCUT2D eigenvalue weighted by Gasteiger charge is 2.37. The molecule has 0 spiro atoms. The van der Waals surface area contributed by atoms with E-state index in [9.17, 15) is 9.59 Å². The van der Waals surface area contributed by atoms with Gasteiger partial charge < -0.3 is 19.7 Å². The number of amides is 1. The maximum absolute atomic E-state index is 12.6. The number of hydrogen-bond donors (Lipinski definition) is 2. The summed E-state index contributed by atoms with van der Waals surface area (Å²) < 4.78 is 7.26. The summed E-state index contributed by atoms with van der Waals surface area (Å²) in [4.78, 5) is 28.1. The Kier molecular flexibility index (Phi) is 4.15. The molecule has 0 atom stereocenters. The summed E-state index contributed by atoms with van der Waals surface area (Å²) in [6, 6.07) is 0. The molecule has 0 bridgehead atoms. The second-order valence-electron chi connectivity index (χ2n) is 6.09. The van der Waals surface area contributed by atoms with Crippen molar-refractivity contribution in [2.24, 2.45) is 0 Å². The van der Waals surface area contributed by atoms with E-state index in [1.165, 1.54) is 0 Å². The fourth-order valence-electron chi connectivity index (χ4n) is 3.30. The number of fused-ring (bicyclic) bond motifs is 1. The molecular weight excluding hydrogens is 286 g/mol. The average Bonchev–Trinajstić information content (AvgIpc) is 2.91. The van der Waals surface area contributed by atoms with Crippen molar-refractivity contribution in [2.75, 3.05) is 13.2 Å². The van der Waals surface area contributed by atoms with Crippen molar-refractivity contribution in [1.29, 1.82) is 0 Å². The van der Waals surface area contributed by atoms with E-state index in [0.717, 1.165) is 31.6 Å². The summed E-state index contributed by atoms with van der Waals surface area (Å²) in [6.45, 7) is 1.74. The van der Waals surface area contributed by atoms with Gasteiger partial charge in [0, 0.05) is 26.2 Å². The van der Waals surface area contributed by atoms with Gasteiger partial charge in [0.1, 0.15) is 11.5 Å². The third kappa shape index (κ3) is 2.99. The number of carboxylic acids is 1. The molecule has 0 radical (unpaired) electrons. The van der Waals surface area contributed by atoms with Crippen molar-refractivity contribution >= 4 is 11.9 Å². The van der Waals surface area contributed by atoms with Gasteiger partial charge in [0.15, 0.2) is 0 Å². The van der Waals surface area contributed by atoms with E-state index in [-0.39, 0.29) is 12.3 Å². The van der Waals surface area contributed by atoms with Crippen LogP contribution in [0.1, 0.15) is 48.4 Å².